The van der Waals surface area contributed by atoms with Crippen molar-refractivity contribution in [3.05, 3.63) is 76.2 Å². The molecular weight excluding hydrogens is 386 g/mol. The SMILES string of the molecule is COc1ccc(-c2csc3c(=O)n(CC(=O)Nc4cccc(C)c4)cnc23)cc1. The summed E-state index contributed by atoms with van der Waals surface area (Å²) in [5.74, 6) is 0.494. The van der Waals surface area contributed by atoms with Gasteiger partial charge in [0, 0.05) is 16.6 Å². The van der Waals surface area contributed by atoms with E-state index in [1.165, 1.54) is 22.2 Å². The fourth-order valence-corrected chi connectivity index (χ4v) is 4.08. The Balaban J connectivity index is 1.59. The molecular formula is C22H19N3O3S. The highest BCUT2D eigenvalue weighted by Crippen LogP contribution is 2.31. The maximum absolute atomic E-state index is 12.8. The summed E-state index contributed by atoms with van der Waals surface area (Å²) in [6, 6.07) is 15.1. The van der Waals surface area contributed by atoms with E-state index in [0.717, 1.165) is 22.4 Å². The molecule has 4 rings (SSSR count). The van der Waals surface area contributed by atoms with Crippen molar-refractivity contribution in [2.24, 2.45) is 0 Å². The molecule has 0 saturated heterocycles. The van der Waals surface area contributed by atoms with Crippen molar-refractivity contribution in [3.8, 4) is 16.9 Å². The van der Waals surface area contributed by atoms with Crippen LogP contribution in [0.15, 0.2) is 65.0 Å². The Morgan fingerprint density at radius 2 is 2.00 bits per heavy atom. The molecule has 2 aromatic heterocycles. The molecule has 2 heterocycles. The first kappa shape index (κ1) is 18.9. The van der Waals surface area contributed by atoms with Gasteiger partial charge in [-0.25, -0.2) is 4.98 Å². The molecule has 0 atom stereocenters. The first-order chi connectivity index (χ1) is 14.0. The van der Waals surface area contributed by atoms with Crippen LogP contribution in [0.3, 0.4) is 0 Å². The monoisotopic (exact) mass is 405 g/mol. The Hall–Kier alpha value is -3.45. The third-order valence-electron chi connectivity index (χ3n) is 4.56. The van der Waals surface area contributed by atoms with Crippen LogP contribution in [0.1, 0.15) is 5.56 Å². The number of carbonyl (C=O) groups is 1. The third kappa shape index (κ3) is 3.90. The van der Waals surface area contributed by atoms with Gasteiger partial charge in [-0.2, -0.15) is 0 Å². The molecule has 29 heavy (non-hydrogen) atoms. The number of hydrogen-bond donors (Lipinski definition) is 1. The van der Waals surface area contributed by atoms with Gasteiger partial charge < -0.3 is 10.1 Å². The molecule has 0 spiro atoms. The molecule has 146 valence electrons. The van der Waals surface area contributed by atoms with Crippen molar-refractivity contribution in [1.29, 1.82) is 0 Å². The molecule has 2 aromatic carbocycles. The van der Waals surface area contributed by atoms with Gasteiger partial charge in [0.25, 0.3) is 5.56 Å². The zero-order valence-electron chi connectivity index (χ0n) is 16.0. The van der Waals surface area contributed by atoms with E-state index >= 15 is 0 Å². The van der Waals surface area contributed by atoms with Crippen LogP contribution in [0.4, 0.5) is 5.69 Å². The molecule has 6 nitrogen and oxygen atoms in total. The van der Waals surface area contributed by atoms with Gasteiger partial charge >= 0.3 is 0 Å². The number of nitrogens with one attached hydrogen (secondary N) is 1. The number of benzene rings is 2. The maximum atomic E-state index is 12.8. The van der Waals surface area contributed by atoms with Gasteiger partial charge in [0.15, 0.2) is 0 Å². The lowest BCUT2D eigenvalue weighted by molar-refractivity contribution is -0.116. The smallest absolute Gasteiger partial charge is 0.271 e. The van der Waals surface area contributed by atoms with E-state index in [1.807, 2.05) is 60.8 Å². The van der Waals surface area contributed by atoms with Crippen LogP contribution >= 0.6 is 11.3 Å². The molecule has 0 aliphatic rings. The van der Waals surface area contributed by atoms with E-state index in [2.05, 4.69) is 10.3 Å². The predicted molar refractivity (Wildman–Crippen MR) is 116 cm³/mol. The number of amides is 1. The van der Waals surface area contributed by atoms with Gasteiger partial charge in [-0.1, -0.05) is 24.3 Å². The molecule has 0 aliphatic carbocycles. The third-order valence-corrected chi connectivity index (χ3v) is 5.52. The minimum absolute atomic E-state index is 0.0918. The number of thiophene rings is 1. The number of methoxy groups -OCH3 is 1. The lowest BCUT2D eigenvalue weighted by atomic mass is 10.1. The second-order valence-corrected chi connectivity index (χ2v) is 7.53. The van der Waals surface area contributed by atoms with Crippen molar-refractivity contribution in [2.75, 3.05) is 12.4 Å². The summed E-state index contributed by atoms with van der Waals surface area (Å²) in [6.07, 6.45) is 1.43. The summed E-state index contributed by atoms with van der Waals surface area (Å²) in [5, 5.41) is 4.73. The topological polar surface area (TPSA) is 73.2 Å². The first-order valence-electron chi connectivity index (χ1n) is 9.03. The zero-order valence-corrected chi connectivity index (χ0v) is 16.8. The minimum atomic E-state index is -0.272. The summed E-state index contributed by atoms with van der Waals surface area (Å²) in [7, 11) is 1.62. The normalized spacial score (nSPS) is 10.8. The van der Waals surface area contributed by atoms with E-state index in [-0.39, 0.29) is 18.0 Å². The van der Waals surface area contributed by atoms with Crippen LogP contribution in [0.25, 0.3) is 21.3 Å². The van der Waals surface area contributed by atoms with Crippen molar-refractivity contribution < 1.29 is 9.53 Å². The molecule has 1 amide bonds. The van der Waals surface area contributed by atoms with Crippen molar-refractivity contribution in [3.63, 3.8) is 0 Å². The van der Waals surface area contributed by atoms with Gasteiger partial charge in [0.1, 0.15) is 17.0 Å². The minimum Gasteiger partial charge on any atom is -0.497 e. The van der Waals surface area contributed by atoms with Crippen molar-refractivity contribution in [2.45, 2.75) is 13.5 Å². The molecule has 0 unspecified atom stereocenters. The highest BCUT2D eigenvalue weighted by atomic mass is 32.1. The van der Waals surface area contributed by atoms with E-state index in [9.17, 15) is 9.59 Å². The number of carbonyl (C=O) groups excluding carboxylic acids is 1. The molecule has 0 aliphatic heterocycles. The average Bonchev–Trinajstić information content (AvgIpc) is 3.15. The van der Waals surface area contributed by atoms with Gasteiger partial charge in [0.05, 0.1) is 19.0 Å². The van der Waals surface area contributed by atoms with Crippen molar-refractivity contribution in [1.82, 2.24) is 9.55 Å². The Kier molecular flexibility index (Phi) is 5.14. The Morgan fingerprint density at radius 1 is 1.21 bits per heavy atom. The predicted octanol–water partition coefficient (Wildman–Crippen LogP) is 4.08. The van der Waals surface area contributed by atoms with Crippen molar-refractivity contribution >= 4 is 33.1 Å². The number of aromatic nitrogens is 2. The molecule has 0 bridgehead atoms. The average molecular weight is 405 g/mol. The van der Waals surface area contributed by atoms with Crippen LogP contribution in [0.5, 0.6) is 5.75 Å². The second-order valence-electron chi connectivity index (χ2n) is 6.65. The number of nitrogens with zero attached hydrogens (tertiary/aromatic N) is 2. The molecule has 4 aromatic rings. The lowest BCUT2D eigenvalue weighted by Crippen LogP contribution is -2.27. The van der Waals surface area contributed by atoms with E-state index in [1.54, 1.807) is 7.11 Å². The highest BCUT2D eigenvalue weighted by molar-refractivity contribution is 7.17. The van der Waals surface area contributed by atoms with Crippen LogP contribution in [0, 0.1) is 6.92 Å². The molecule has 0 radical (unpaired) electrons. The largest absolute Gasteiger partial charge is 0.497 e. The first-order valence-corrected chi connectivity index (χ1v) is 9.90. The quantitative estimate of drug-likeness (QED) is 0.543. The summed E-state index contributed by atoms with van der Waals surface area (Å²) in [4.78, 5) is 29.7. The summed E-state index contributed by atoms with van der Waals surface area (Å²) < 4.78 is 7.06. The maximum Gasteiger partial charge on any atom is 0.271 e. The zero-order chi connectivity index (χ0) is 20.4. The number of aryl methyl sites for hydroxylation is 1. The van der Waals surface area contributed by atoms with Gasteiger partial charge in [-0.3, -0.25) is 14.2 Å². The number of anilines is 1. The van der Waals surface area contributed by atoms with Crippen LogP contribution < -0.4 is 15.6 Å². The highest BCUT2D eigenvalue weighted by Gasteiger charge is 2.14. The molecule has 0 saturated carbocycles. The fraction of sp³-hybridized carbons (Fsp3) is 0.136. The summed E-state index contributed by atoms with van der Waals surface area (Å²) >= 11 is 1.33. The van der Waals surface area contributed by atoms with Gasteiger partial charge in [-0.05, 0) is 42.3 Å². The number of ether oxygens (including phenoxy) is 1. The standard InChI is InChI=1S/C22H19N3O3S/c1-14-4-3-5-16(10-14)24-19(26)11-25-13-23-20-18(12-29-21(20)22(25)27)15-6-8-17(28-2)9-7-15/h3-10,12-13H,11H2,1-2H3,(H,24,26). The number of hydrogen-bond acceptors (Lipinski definition) is 5. The Bertz CT molecular complexity index is 1240. The lowest BCUT2D eigenvalue weighted by Gasteiger charge is -2.08. The van der Waals surface area contributed by atoms with E-state index in [4.69, 9.17) is 4.74 Å². The fourth-order valence-electron chi connectivity index (χ4n) is 3.11. The number of fused-ring (bicyclic) bond motifs is 1. The Morgan fingerprint density at radius 3 is 2.72 bits per heavy atom. The van der Waals surface area contributed by atoms with E-state index < -0.39 is 0 Å². The summed E-state index contributed by atoms with van der Waals surface area (Å²) in [5.41, 5.74) is 4.02. The van der Waals surface area contributed by atoms with Crippen LogP contribution in [-0.2, 0) is 11.3 Å². The summed E-state index contributed by atoms with van der Waals surface area (Å²) in [6.45, 7) is 1.86. The van der Waals surface area contributed by atoms with E-state index in [0.29, 0.717) is 15.9 Å². The van der Waals surface area contributed by atoms with Crippen LogP contribution in [0.2, 0.25) is 0 Å². The van der Waals surface area contributed by atoms with Gasteiger partial charge in [0.2, 0.25) is 5.91 Å². The Labute approximate surface area is 171 Å². The molecule has 1 N–H and O–H groups in total. The molecule has 0 fully saturated rings. The van der Waals surface area contributed by atoms with Crippen LogP contribution in [-0.4, -0.2) is 22.6 Å². The number of rotatable bonds is 5. The molecule has 7 heteroatoms. The second kappa shape index (κ2) is 7.89. The van der Waals surface area contributed by atoms with Gasteiger partial charge in [-0.15, -0.1) is 11.3 Å².